The molecule has 0 nitrogen and oxygen atoms in total. The Morgan fingerprint density at radius 2 is 1.50 bits per heavy atom. The third-order valence-electron chi connectivity index (χ3n) is 1.35. The van der Waals surface area contributed by atoms with E-state index in [-0.39, 0.29) is 27.7 Å². The van der Waals surface area contributed by atoms with E-state index in [4.69, 9.17) is 0 Å². The normalized spacial score (nSPS) is 8.17. The number of rotatable bonds is 1. The van der Waals surface area contributed by atoms with Crippen LogP contribution in [0.2, 0.25) is 13.1 Å². The Bertz CT molecular complexity index is 182. The van der Waals surface area contributed by atoms with Gasteiger partial charge in [0.25, 0.3) is 0 Å². The summed E-state index contributed by atoms with van der Waals surface area (Å²) in [5.41, 5.74) is 0. The second-order valence-electron chi connectivity index (χ2n) is 2.37. The first-order valence-corrected chi connectivity index (χ1v) is 8.81. The Balaban J connectivity index is 0. The maximum absolute atomic E-state index is 4.16. The van der Waals surface area contributed by atoms with Crippen molar-refractivity contribution in [2.75, 3.05) is 0 Å². The second-order valence-corrected chi connectivity index (χ2v) is 4.94. The molecule has 1 radical (unpaired) electrons. The van der Waals surface area contributed by atoms with Gasteiger partial charge in [-0.15, -0.1) is 0 Å². The van der Waals surface area contributed by atoms with Crippen LogP contribution in [-0.2, 0) is 12.8 Å². The third-order valence-corrected chi connectivity index (χ3v) is 2.84. The van der Waals surface area contributed by atoms with Gasteiger partial charge in [-0.05, 0) is 0 Å². The van der Waals surface area contributed by atoms with Crippen LogP contribution in [0.3, 0.4) is 0 Å². The number of benzene rings is 1. The fourth-order valence-corrected chi connectivity index (χ4v) is 1.63. The molecule has 0 N–H and O–H groups in total. The van der Waals surface area contributed by atoms with Crippen LogP contribution in [0.15, 0.2) is 30.3 Å². The molecule has 65 valence electrons. The molecule has 0 saturated heterocycles. The molecule has 12 heavy (non-hydrogen) atoms. The summed E-state index contributed by atoms with van der Waals surface area (Å²) in [6.45, 7) is 4.61. The van der Waals surface area contributed by atoms with Gasteiger partial charge in [-0.25, -0.2) is 0 Å². The summed E-state index contributed by atoms with van der Waals surface area (Å²) in [4.78, 5) is 0. The minimum absolute atomic E-state index is 0. The molecular weight excluding hydrogens is 322 g/mol. The minimum atomic E-state index is -0.212. The van der Waals surface area contributed by atoms with Crippen LogP contribution in [0.4, 0.5) is 0 Å². The Kier molecular flexibility index (Phi) is 13.6. The van der Waals surface area contributed by atoms with E-state index in [0.29, 0.717) is 0 Å². The summed E-state index contributed by atoms with van der Waals surface area (Å²) in [5, 5.41) is 1.52. The molecular formula is C8H11CuILiSi+. The van der Waals surface area contributed by atoms with Gasteiger partial charge in [0.05, 0.1) is 8.80 Å². The standard InChI is InChI=1S/C8H11Si.Cu.HI.Li/c1-9(2)8-6-4-3-5-7-8;;;/h3-7H,1-2H3;;1H;/q;+1;;+1/p-1. The van der Waals surface area contributed by atoms with Crippen molar-refractivity contribution in [3.63, 3.8) is 0 Å². The molecule has 0 unspecified atom stereocenters. The zero-order valence-electron chi connectivity index (χ0n) is 7.57. The van der Waals surface area contributed by atoms with E-state index < -0.39 is 0 Å². The van der Waals surface area contributed by atoms with Crippen molar-refractivity contribution in [1.29, 1.82) is 0 Å². The van der Waals surface area contributed by atoms with Crippen LogP contribution in [0.25, 0.3) is 0 Å². The van der Waals surface area contributed by atoms with Gasteiger partial charge in [0, 0.05) is 0 Å². The molecule has 0 fully saturated rings. The second kappa shape index (κ2) is 10.4. The predicted octanol–water partition coefficient (Wildman–Crippen LogP) is -0.465. The van der Waals surface area contributed by atoms with E-state index >= 15 is 0 Å². The van der Waals surface area contributed by atoms with E-state index in [1.807, 2.05) is 0 Å². The first-order chi connectivity index (χ1) is 5.30. The zero-order valence-corrected chi connectivity index (χ0v) is 11.7. The van der Waals surface area contributed by atoms with Crippen molar-refractivity contribution in [3.05, 3.63) is 30.3 Å². The summed E-state index contributed by atoms with van der Waals surface area (Å²) in [6, 6.07) is 10.7. The molecule has 1 rings (SSSR count). The molecule has 0 bridgehead atoms. The number of halogens is 1. The zero-order chi connectivity index (χ0) is 8.69. The maximum atomic E-state index is 4.16. The smallest absolute Gasteiger partial charge is 1.00 e. The minimum Gasteiger partial charge on any atom is 1.00 e. The Labute approximate surface area is 108 Å². The van der Waals surface area contributed by atoms with E-state index in [0.717, 1.165) is 0 Å². The molecule has 4 heteroatoms. The van der Waals surface area contributed by atoms with Gasteiger partial charge < -0.3 is 0 Å². The van der Waals surface area contributed by atoms with Crippen molar-refractivity contribution in [2.24, 2.45) is 0 Å². The van der Waals surface area contributed by atoms with Crippen LogP contribution in [0.1, 0.15) is 0 Å². The maximum Gasteiger partial charge on any atom is 1.00 e. The van der Waals surface area contributed by atoms with Crippen molar-refractivity contribution in [2.45, 2.75) is 13.1 Å². The average Bonchev–Trinajstić information content (AvgIpc) is 2.10. The van der Waals surface area contributed by atoms with Crippen molar-refractivity contribution in [1.82, 2.24) is 0 Å². The van der Waals surface area contributed by atoms with E-state index in [2.05, 4.69) is 56.2 Å². The largest absolute Gasteiger partial charge is 1.00 e. The molecule has 0 heterocycles. The van der Waals surface area contributed by atoms with Crippen LogP contribution >= 0.6 is 20.3 Å². The number of hydrogen-bond donors (Lipinski definition) is 0. The molecule has 0 saturated carbocycles. The van der Waals surface area contributed by atoms with Crippen LogP contribution < -0.4 is 24.0 Å². The topological polar surface area (TPSA) is 0 Å². The summed E-state index contributed by atoms with van der Waals surface area (Å²) < 4.78 is 0. The van der Waals surface area contributed by atoms with Gasteiger partial charge in [-0.2, -0.15) is 0 Å². The van der Waals surface area contributed by atoms with Gasteiger partial charge >= 0.3 is 52.0 Å². The van der Waals surface area contributed by atoms with E-state index in [1.165, 1.54) is 5.19 Å². The first-order valence-electron chi connectivity index (χ1n) is 3.27. The van der Waals surface area contributed by atoms with Gasteiger partial charge in [0.15, 0.2) is 0 Å². The fraction of sp³-hybridized carbons (Fsp3) is 0.250. The Morgan fingerprint density at radius 1 is 1.08 bits per heavy atom. The fourth-order valence-electron chi connectivity index (χ4n) is 0.771. The monoisotopic (exact) mass is 332 g/mol. The molecule has 0 aliphatic carbocycles. The van der Waals surface area contributed by atoms with Crippen LogP contribution in [0.5, 0.6) is 0 Å². The Morgan fingerprint density at radius 3 is 1.75 bits per heavy atom. The van der Waals surface area contributed by atoms with Gasteiger partial charge in [0.1, 0.15) is 0 Å². The molecule has 0 aliphatic rings. The molecule has 0 amide bonds. The SMILES string of the molecule is C[Si](C)c1ccccc1.[Cu][I].[Li+]. The van der Waals surface area contributed by atoms with Crippen molar-refractivity contribution >= 4 is 34.3 Å². The van der Waals surface area contributed by atoms with Crippen molar-refractivity contribution < 1.29 is 31.6 Å². The van der Waals surface area contributed by atoms with Gasteiger partial charge in [-0.3, -0.25) is 0 Å². The van der Waals surface area contributed by atoms with Crippen molar-refractivity contribution in [3.8, 4) is 0 Å². The summed E-state index contributed by atoms with van der Waals surface area (Å²) >= 11 is 5.87. The molecule has 0 aliphatic heterocycles. The van der Waals surface area contributed by atoms with Gasteiger partial charge in [-0.1, -0.05) is 48.6 Å². The summed E-state index contributed by atoms with van der Waals surface area (Å²) in [6.07, 6.45) is 0. The van der Waals surface area contributed by atoms with Gasteiger partial charge in [0.2, 0.25) is 0 Å². The van der Waals surface area contributed by atoms with E-state index in [1.54, 1.807) is 20.3 Å². The quantitative estimate of drug-likeness (QED) is 0.482. The molecule has 1 aromatic rings. The van der Waals surface area contributed by atoms with Crippen LogP contribution in [0, 0.1) is 0 Å². The average molecular weight is 333 g/mol. The summed E-state index contributed by atoms with van der Waals surface area (Å²) in [7, 11) is -0.212. The molecule has 0 aromatic heterocycles. The molecule has 0 atom stereocenters. The van der Waals surface area contributed by atoms with Crippen LogP contribution in [-0.4, -0.2) is 8.80 Å². The summed E-state index contributed by atoms with van der Waals surface area (Å²) in [5.74, 6) is 0. The predicted molar refractivity (Wildman–Crippen MR) is 57.6 cm³/mol. The number of hydrogen-bond acceptors (Lipinski definition) is 0. The third kappa shape index (κ3) is 6.76. The van der Waals surface area contributed by atoms with E-state index in [9.17, 15) is 0 Å². The Hall–Kier alpha value is 1.28. The first kappa shape index (κ1) is 15.7. The molecule has 1 aromatic carbocycles. The molecule has 0 spiro atoms.